The fourth-order valence-corrected chi connectivity index (χ4v) is 5.83. The molecule has 39 heavy (non-hydrogen) atoms. The molecule has 1 aliphatic rings. The maximum atomic E-state index is 13.6. The third-order valence-corrected chi connectivity index (χ3v) is 8.29. The average Bonchev–Trinajstić information content (AvgIpc) is 3.46. The number of amides is 1. The molecule has 1 fully saturated rings. The average molecular weight is 567 g/mol. The molecule has 1 heterocycles. The number of aromatic nitrogens is 2. The topological polar surface area (TPSA) is 148 Å². The van der Waals surface area contributed by atoms with Gasteiger partial charge in [0.15, 0.2) is 11.6 Å². The summed E-state index contributed by atoms with van der Waals surface area (Å²) in [5.74, 6) is 0.336. The molecule has 0 bridgehead atoms. The monoisotopic (exact) mass is 566 g/mol. The van der Waals surface area contributed by atoms with Crippen LogP contribution in [-0.4, -0.2) is 31.4 Å². The highest BCUT2D eigenvalue weighted by atomic mass is 35.5. The summed E-state index contributed by atoms with van der Waals surface area (Å²) in [5.41, 5.74) is 7.88. The van der Waals surface area contributed by atoms with Gasteiger partial charge in [0.2, 0.25) is 5.91 Å². The van der Waals surface area contributed by atoms with Crippen LogP contribution in [0.2, 0.25) is 5.02 Å². The van der Waals surface area contributed by atoms with Gasteiger partial charge in [0.1, 0.15) is 10.6 Å². The van der Waals surface area contributed by atoms with Crippen LogP contribution in [-0.2, 0) is 14.8 Å². The molecular formula is C27H27ClN6O4S. The molecule has 1 saturated carbocycles. The molecule has 0 aliphatic heterocycles. The molecule has 12 heteroatoms. The van der Waals surface area contributed by atoms with Crippen molar-refractivity contribution in [1.29, 1.82) is 0 Å². The summed E-state index contributed by atoms with van der Waals surface area (Å²) in [4.78, 5) is 21.5. The van der Waals surface area contributed by atoms with Gasteiger partial charge in [0.25, 0.3) is 10.0 Å². The van der Waals surface area contributed by atoms with Gasteiger partial charge in [-0.2, -0.15) is 0 Å². The predicted molar refractivity (Wildman–Crippen MR) is 153 cm³/mol. The molecule has 1 aromatic heterocycles. The Hall–Kier alpha value is -4.09. The molecule has 1 amide bonds. The second kappa shape index (κ2) is 11.0. The summed E-state index contributed by atoms with van der Waals surface area (Å²) < 4.78 is 34.9. The Kier molecular flexibility index (Phi) is 7.45. The third kappa shape index (κ3) is 5.69. The van der Waals surface area contributed by atoms with Gasteiger partial charge in [0, 0.05) is 12.0 Å². The van der Waals surface area contributed by atoms with Crippen molar-refractivity contribution in [2.75, 3.05) is 28.2 Å². The molecular weight excluding hydrogens is 540 g/mol. The zero-order valence-electron chi connectivity index (χ0n) is 21.1. The van der Waals surface area contributed by atoms with Gasteiger partial charge >= 0.3 is 0 Å². The van der Waals surface area contributed by atoms with Crippen LogP contribution in [0.15, 0.2) is 65.6 Å². The Morgan fingerprint density at radius 2 is 1.67 bits per heavy atom. The summed E-state index contributed by atoms with van der Waals surface area (Å²) in [6.45, 7) is 0. The minimum absolute atomic E-state index is 0.0626. The number of fused-ring (bicyclic) bond motifs is 1. The van der Waals surface area contributed by atoms with Crippen molar-refractivity contribution in [2.45, 2.75) is 30.6 Å². The minimum atomic E-state index is -4.25. The van der Waals surface area contributed by atoms with Crippen LogP contribution in [0, 0.1) is 5.92 Å². The quantitative estimate of drug-likeness (QED) is 0.203. The molecule has 0 spiro atoms. The molecule has 0 atom stereocenters. The van der Waals surface area contributed by atoms with Gasteiger partial charge in [-0.3, -0.25) is 9.52 Å². The summed E-state index contributed by atoms with van der Waals surface area (Å²) in [7, 11) is -2.73. The van der Waals surface area contributed by atoms with Gasteiger partial charge < -0.3 is 21.1 Å². The maximum absolute atomic E-state index is 13.6. The summed E-state index contributed by atoms with van der Waals surface area (Å²) in [5, 5.41) is 6.22. The van der Waals surface area contributed by atoms with Crippen molar-refractivity contribution in [3.05, 3.63) is 65.7 Å². The highest BCUT2D eigenvalue weighted by Gasteiger charge is 2.26. The zero-order valence-corrected chi connectivity index (χ0v) is 22.6. The Bertz CT molecular complexity index is 1660. The van der Waals surface area contributed by atoms with Crippen LogP contribution in [0.4, 0.5) is 28.7 Å². The van der Waals surface area contributed by atoms with Gasteiger partial charge in [-0.05, 0) is 49.2 Å². The zero-order chi connectivity index (χ0) is 27.6. The van der Waals surface area contributed by atoms with E-state index < -0.39 is 10.0 Å². The Balaban J connectivity index is 1.50. The number of halogens is 1. The molecule has 5 N–H and O–H groups in total. The highest BCUT2D eigenvalue weighted by Crippen LogP contribution is 2.34. The van der Waals surface area contributed by atoms with Gasteiger partial charge in [-0.15, -0.1) is 0 Å². The van der Waals surface area contributed by atoms with Gasteiger partial charge in [0.05, 0.1) is 40.2 Å². The van der Waals surface area contributed by atoms with Crippen LogP contribution < -0.4 is 25.8 Å². The molecule has 4 aromatic rings. The first-order chi connectivity index (χ1) is 18.7. The number of hydrogen-bond acceptors (Lipinski definition) is 8. The van der Waals surface area contributed by atoms with Crippen LogP contribution in [0.25, 0.3) is 11.0 Å². The first kappa shape index (κ1) is 26.5. The number of rotatable bonds is 8. The van der Waals surface area contributed by atoms with Crippen molar-refractivity contribution in [1.82, 2.24) is 9.97 Å². The van der Waals surface area contributed by atoms with Crippen LogP contribution in [0.3, 0.4) is 0 Å². The van der Waals surface area contributed by atoms with Crippen LogP contribution in [0.5, 0.6) is 5.75 Å². The number of ether oxygens (including phenoxy) is 1. The smallest absolute Gasteiger partial charge is 0.265 e. The van der Waals surface area contributed by atoms with E-state index in [-0.39, 0.29) is 39.7 Å². The highest BCUT2D eigenvalue weighted by molar-refractivity contribution is 7.92. The minimum Gasteiger partial charge on any atom is -0.497 e. The summed E-state index contributed by atoms with van der Waals surface area (Å²) in [6.07, 6.45) is 3.60. The molecule has 0 radical (unpaired) electrons. The number of nitrogens with zero attached hydrogens (tertiary/aromatic N) is 2. The van der Waals surface area contributed by atoms with E-state index in [0.717, 1.165) is 25.7 Å². The normalized spacial score (nSPS) is 13.8. The predicted octanol–water partition coefficient (Wildman–Crippen LogP) is 5.55. The third-order valence-electron chi connectivity index (χ3n) is 6.57. The lowest BCUT2D eigenvalue weighted by molar-refractivity contribution is -0.119. The number of para-hydroxylation sites is 3. The molecule has 3 aromatic carbocycles. The molecule has 202 valence electrons. The number of sulfonamides is 1. The van der Waals surface area contributed by atoms with E-state index in [1.165, 1.54) is 19.2 Å². The lowest BCUT2D eigenvalue weighted by atomic mass is 10.1. The number of methoxy groups -OCH3 is 1. The number of anilines is 5. The second-order valence-electron chi connectivity index (χ2n) is 9.17. The number of carbonyl (C=O) groups is 1. The first-order valence-corrected chi connectivity index (χ1v) is 14.2. The standard InChI is InChI=1S/C27H27ClN6O4S/c1-38-17-13-14-18(28)22(15-17)32-25-26(31-20-10-5-4-9-19(20)30-25)34-39(36,37)23-12-6-11-21(24(23)29)33-27(35)16-7-2-3-8-16/h4-6,9-16H,2-3,7-8,29H2,1H3,(H,30,32)(H,31,34)(H,33,35). The van der Waals surface area contributed by atoms with E-state index in [4.69, 9.17) is 22.1 Å². The fraction of sp³-hybridized carbons (Fsp3) is 0.222. The lowest BCUT2D eigenvalue weighted by Gasteiger charge is -2.17. The molecule has 1 aliphatic carbocycles. The van der Waals surface area contributed by atoms with Gasteiger partial charge in [-0.1, -0.05) is 42.6 Å². The van der Waals surface area contributed by atoms with Crippen molar-refractivity contribution in [3.63, 3.8) is 0 Å². The molecule has 0 unspecified atom stereocenters. The number of nitrogens with one attached hydrogen (secondary N) is 3. The Labute approximate surface area is 231 Å². The number of carbonyl (C=O) groups excluding carboxylic acids is 1. The SMILES string of the molecule is COc1ccc(Cl)c(Nc2nc3ccccc3nc2NS(=O)(=O)c2cccc(NC(=O)C3CCCC3)c2N)c1. The van der Waals surface area contributed by atoms with E-state index in [2.05, 4.69) is 25.3 Å². The van der Waals surface area contributed by atoms with Crippen molar-refractivity contribution < 1.29 is 17.9 Å². The summed E-state index contributed by atoms with van der Waals surface area (Å²) >= 11 is 6.37. The number of hydrogen-bond donors (Lipinski definition) is 4. The fourth-order valence-electron chi connectivity index (χ4n) is 4.51. The number of nitrogens with two attached hydrogens (primary N) is 1. The number of nitrogen functional groups attached to an aromatic ring is 1. The number of benzene rings is 3. The Morgan fingerprint density at radius 3 is 2.36 bits per heavy atom. The van der Waals surface area contributed by atoms with E-state index in [1.54, 1.807) is 48.5 Å². The van der Waals surface area contributed by atoms with E-state index in [9.17, 15) is 13.2 Å². The van der Waals surface area contributed by atoms with E-state index in [0.29, 0.717) is 27.5 Å². The molecule has 0 saturated heterocycles. The maximum Gasteiger partial charge on any atom is 0.265 e. The lowest BCUT2D eigenvalue weighted by Crippen LogP contribution is -2.22. The van der Waals surface area contributed by atoms with Crippen molar-refractivity contribution in [3.8, 4) is 5.75 Å². The largest absolute Gasteiger partial charge is 0.497 e. The Morgan fingerprint density at radius 1 is 0.974 bits per heavy atom. The van der Waals surface area contributed by atoms with Crippen LogP contribution in [0.1, 0.15) is 25.7 Å². The van der Waals surface area contributed by atoms with Crippen molar-refractivity contribution >= 4 is 67.3 Å². The van der Waals surface area contributed by atoms with E-state index in [1.807, 2.05) is 0 Å². The van der Waals surface area contributed by atoms with Gasteiger partial charge in [-0.25, -0.2) is 18.4 Å². The molecule has 10 nitrogen and oxygen atoms in total. The summed E-state index contributed by atoms with van der Waals surface area (Å²) in [6, 6.07) is 16.5. The molecule has 5 rings (SSSR count). The second-order valence-corrected chi connectivity index (χ2v) is 11.2. The van der Waals surface area contributed by atoms with Crippen molar-refractivity contribution in [2.24, 2.45) is 5.92 Å². The van der Waals surface area contributed by atoms with Crippen LogP contribution >= 0.6 is 11.6 Å². The first-order valence-electron chi connectivity index (χ1n) is 12.3. The van der Waals surface area contributed by atoms with E-state index >= 15 is 0 Å².